The minimum atomic E-state index is -1.69. The molecule has 16 nitrogen and oxygen atoms in total. The van der Waals surface area contributed by atoms with Gasteiger partial charge < -0.3 is 45.8 Å². The first kappa shape index (κ1) is 44.5. The molecule has 3 aliphatic rings. The van der Waals surface area contributed by atoms with Gasteiger partial charge in [0.1, 0.15) is 54.0 Å². The van der Waals surface area contributed by atoms with Gasteiger partial charge in [-0.3, -0.25) is 24.0 Å². The zero-order valence-corrected chi connectivity index (χ0v) is 34.0. The second kappa shape index (κ2) is 18.9. The summed E-state index contributed by atoms with van der Waals surface area (Å²) in [5, 5.41) is 21.0. The minimum absolute atomic E-state index is 0.00155. The fraction of sp³-hybridized carbons (Fsp3) is 0.537. The molecule has 320 valence electrons. The number of rotatable bonds is 8. The summed E-state index contributed by atoms with van der Waals surface area (Å²) in [6.45, 7) is 8.04. The number of aliphatic hydroxyl groups is 1. The highest BCUT2D eigenvalue weighted by Gasteiger charge is 2.47. The van der Waals surface area contributed by atoms with E-state index in [9.17, 15) is 47.4 Å². The monoisotopic (exact) mass is 825 g/mol. The molecule has 0 bridgehead atoms. The molecule has 7 amide bonds. The first-order valence-corrected chi connectivity index (χ1v) is 19.9. The zero-order valence-electron chi connectivity index (χ0n) is 34.0. The van der Waals surface area contributed by atoms with E-state index in [0.29, 0.717) is 18.2 Å². The van der Waals surface area contributed by atoms with Crippen molar-refractivity contribution in [1.82, 2.24) is 30.7 Å². The van der Waals surface area contributed by atoms with E-state index in [2.05, 4.69) is 21.3 Å². The number of amides is 7. The molecule has 2 aromatic carbocycles. The Hall–Kier alpha value is -5.65. The number of esters is 1. The smallest absolute Gasteiger partial charge is 0.329 e. The lowest BCUT2D eigenvalue weighted by Gasteiger charge is -2.37. The molecule has 0 radical (unpaired) electrons. The lowest BCUT2D eigenvalue weighted by Crippen LogP contribution is -2.63. The minimum Gasteiger partial charge on any atom is -0.458 e. The molecule has 18 heteroatoms. The molecule has 0 aliphatic carbocycles. The average molecular weight is 826 g/mol. The topological polar surface area (TPSA) is 207 Å². The number of halogens is 2. The van der Waals surface area contributed by atoms with Crippen LogP contribution in [0.3, 0.4) is 0 Å². The van der Waals surface area contributed by atoms with Gasteiger partial charge in [0, 0.05) is 38.3 Å². The molecular weight excluding hydrogens is 772 g/mol. The number of nitrogens with one attached hydrogen (secondary N) is 4. The summed E-state index contributed by atoms with van der Waals surface area (Å²) in [5.74, 6) is -6.90. The number of aryl methyl sites for hydroxylation is 1. The van der Waals surface area contributed by atoms with Crippen molar-refractivity contribution in [3.63, 3.8) is 0 Å². The van der Waals surface area contributed by atoms with Crippen molar-refractivity contribution in [3.8, 4) is 0 Å². The second-order valence-corrected chi connectivity index (χ2v) is 15.7. The van der Waals surface area contributed by atoms with E-state index >= 15 is 0 Å². The summed E-state index contributed by atoms with van der Waals surface area (Å²) >= 11 is 0. The molecule has 9 atom stereocenters. The van der Waals surface area contributed by atoms with Crippen LogP contribution >= 0.6 is 0 Å². The number of carbonyl (C=O) groups is 7. The highest BCUT2D eigenvalue weighted by Crippen LogP contribution is 2.27. The Balaban J connectivity index is 1.51. The number of ether oxygens (including phenoxy) is 1. The second-order valence-electron chi connectivity index (χ2n) is 15.7. The van der Waals surface area contributed by atoms with Crippen LogP contribution in [0.2, 0.25) is 0 Å². The highest BCUT2D eigenvalue weighted by atomic mass is 19.1. The van der Waals surface area contributed by atoms with E-state index in [1.54, 1.807) is 24.3 Å². The van der Waals surface area contributed by atoms with Crippen molar-refractivity contribution in [2.45, 2.75) is 115 Å². The third-order valence-corrected chi connectivity index (χ3v) is 11.0. The summed E-state index contributed by atoms with van der Waals surface area (Å²) in [5.41, 5.74) is 1.39. The third-order valence-electron chi connectivity index (χ3n) is 11.0. The summed E-state index contributed by atoms with van der Waals surface area (Å²) in [7, 11) is 1.30. The maximum absolute atomic E-state index is 14.6. The Morgan fingerprint density at radius 2 is 1.59 bits per heavy atom. The summed E-state index contributed by atoms with van der Waals surface area (Å²) in [6, 6.07) is 0.519. The summed E-state index contributed by atoms with van der Waals surface area (Å²) < 4.78 is 34.5. The number of nitrogens with zero attached hydrogens (tertiary/aromatic N) is 3. The number of anilines is 1. The van der Waals surface area contributed by atoms with Crippen LogP contribution in [0.25, 0.3) is 0 Å². The van der Waals surface area contributed by atoms with Crippen molar-refractivity contribution in [1.29, 1.82) is 0 Å². The van der Waals surface area contributed by atoms with Gasteiger partial charge in [0.05, 0.1) is 6.10 Å². The molecule has 5 rings (SSSR count). The van der Waals surface area contributed by atoms with Gasteiger partial charge in [-0.05, 0) is 87.8 Å². The summed E-state index contributed by atoms with van der Waals surface area (Å²) in [4.78, 5) is 101. The van der Waals surface area contributed by atoms with Crippen LogP contribution in [0.5, 0.6) is 0 Å². The molecular formula is C41H53F2N7O9. The molecule has 0 spiro atoms. The third kappa shape index (κ3) is 10.5. The van der Waals surface area contributed by atoms with Gasteiger partial charge in [0.2, 0.25) is 29.5 Å². The zero-order chi connectivity index (χ0) is 43.3. The van der Waals surface area contributed by atoms with E-state index in [4.69, 9.17) is 4.74 Å². The number of likely N-dealkylation sites (N-methyl/N-ethyl adjacent to an activating group) is 1. The SMILES string of the molecule is CCc1ccc(NC(=O)N[C@@H](Cc2cc(F)cc(F)c2)C(=O)N[C@@H]2C(=O)N3CCC[C@H]3C(=O)N(C)[C@@H](C(C)O)C(=O)N[C@@H](C)C(=O)N3C[C@H](C)C[C@H]3C(=O)O[C@H]2C)cc1. The number of benzene rings is 2. The molecule has 0 aromatic heterocycles. The van der Waals surface area contributed by atoms with Crippen LogP contribution in [0.1, 0.15) is 65.0 Å². The van der Waals surface area contributed by atoms with Crippen LogP contribution in [0.4, 0.5) is 19.3 Å². The van der Waals surface area contributed by atoms with Crippen molar-refractivity contribution in [3.05, 3.63) is 65.2 Å². The van der Waals surface area contributed by atoms with Gasteiger partial charge in [-0.1, -0.05) is 26.0 Å². The summed E-state index contributed by atoms with van der Waals surface area (Å²) in [6.07, 6.45) is -1.83. The van der Waals surface area contributed by atoms with Crippen LogP contribution in [-0.2, 0) is 46.3 Å². The van der Waals surface area contributed by atoms with Gasteiger partial charge >= 0.3 is 12.0 Å². The first-order valence-electron chi connectivity index (χ1n) is 19.9. The quantitative estimate of drug-likeness (QED) is 0.245. The highest BCUT2D eigenvalue weighted by molar-refractivity contribution is 5.98. The molecule has 0 saturated carbocycles. The van der Waals surface area contributed by atoms with Crippen LogP contribution in [0.15, 0.2) is 42.5 Å². The Morgan fingerprint density at radius 3 is 2.22 bits per heavy atom. The Labute approximate surface area is 341 Å². The maximum atomic E-state index is 14.6. The van der Waals surface area contributed by atoms with E-state index in [0.717, 1.165) is 29.0 Å². The van der Waals surface area contributed by atoms with Crippen molar-refractivity contribution >= 4 is 47.2 Å². The van der Waals surface area contributed by atoms with E-state index in [1.807, 2.05) is 13.8 Å². The average Bonchev–Trinajstić information content (AvgIpc) is 3.82. The van der Waals surface area contributed by atoms with Gasteiger partial charge in [-0.2, -0.15) is 0 Å². The van der Waals surface area contributed by atoms with Gasteiger partial charge in [-0.25, -0.2) is 18.4 Å². The maximum Gasteiger partial charge on any atom is 0.329 e. The number of cyclic esters (lactones) is 1. The fourth-order valence-corrected chi connectivity index (χ4v) is 7.97. The number of carbonyl (C=O) groups excluding carboxylic acids is 7. The van der Waals surface area contributed by atoms with E-state index in [1.165, 1.54) is 37.6 Å². The van der Waals surface area contributed by atoms with Gasteiger partial charge in [0.15, 0.2) is 0 Å². The predicted octanol–water partition coefficient (Wildman–Crippen LogP) is 1.63. The molecule has 3 fully saturated rings. The fourth-order valence-electron chi connectivity index (χ4n) is 7.97. The van der Waals surface area contributed by atoms with E-state index < -0.39 is 108 Å². The molecule has 2 aromatic rings. The lowest BCUT2D eigenvalue weighted by atomic mass is 10.0. The normalized spacial score (nSPS) is 26.7. The number of hydrogen-bond donors (Lipinski definition) is 5. The van der Waals surface area contributed by atoms with Crippen LogP contribution in [0, 0.1) is 17.6 Å². The van der Waals surface area contributed by atoms with Crippen LogP contribution < -0.4 is 21.3 Å². The number of aliphatic hydroxyl groups excluding tert-OH is 1. The van der Waals surface area contributed by atoms with Crippen molar-refractivity contribution in [2.24, 2.45) is 5.92 Å². The lowest BCUT2D eigenvalue weighted by molar-refractivity contribution is -0.163. The van der Waals surface area contributed by atoms with Gasteiger partial charge in [0.25, 0.3) is 0 Å². The Kier molecular flexibility index (Phi) is 14.3. The van der Waals surface area contributed by atoms with Crippen molar-refractivity contribution in [2.75, 3.05) is 25.5 Å². The predicted molar refractivity (Wildman–Crippen MR) is 209 cm³/mol. The Morgan fingerprint density at radius 1 is 0.932 bits per heavy atom. The van der Waals surface area contributed by atoms with Crippen molar-refractivity contribution < 1.29 is 52.2 Å². The molecule has 3 aliphatic heterocycles. The number of urea groups is 1. The molecule has 3 heterocycles. The molecule has 5 N–H and O–H groups in total. The number of fused-ring (bicyclic) bond motifs is 2. The molecule has 3 saturated heterocycles. The first-order chi connectivity index (χ1) is 27.9. The molecule has 1 unspecified atom stereocenters. The van der Waals surface area contributed by atoms with Gasteiger partial charge in [-0.15, -0.1) is 0 Å². The Bertz CT molecular complexity index is 1910. The standard InChI is InChI=1S/C41H53F2N7O9/c1-7-25-10-12-29(13-11-25)45-41(58)46-30(18-26-16-27(42)19-28(43)17-26)35(52)47-33-24(5)59-40(57)32-15-21(2)20-50(32)37(54)22(3)44-36(53)34(23(4)51)48(6)38(55)31-9-8-14-49(31)39(33)56/h10-13,16-17,19,21-24,30-34,51H,7-9,14-15,18,20H2,1-6H3,(H,44,53)(H,47,52)(H2,45,46,58)/t21-,22+,23?,24+,30+,31+,32+,33+,34+/m1/s1. The molecule has 59 heavy (non-hydrogen) atoms. The largest absolute Gasteiger partial charge is 0.458 e. The number of hydrogen-bond acceptors (Lipinski definition) is 9. The van der Waals surface area contributed by atoms with E-state index in [-0.39, 0.29) is 37.4 Å². The van der Waals surface area contributed by atoms with Crippen LogP contribution in [-0.4, -0.2) is 130 Å².